The Morgan fingerprint density at radius 2 is 2.12 bits per heavy atom. The highest BCUT2D eigenvalue weighted by molar-refractivity contribution is 5.92. The Hall–Kier alpha value is -1.55. The van der Waals surface area contributed by atoms with Crippen LogP contribution < -0.4 is 10.6 Å². The lowest BCUT2D eigenvalue weighted by atomic mass is 10.0. The van der Waals surface area contributed by atoms with Gasteiger partial charge >= 0.3 is 0 Å². The number of rotatable bonds is 1. The van der Waals surface area contributed by atoms with Gasteiger partial charge in [0.1, 0.15) is 0 Å². The largest absolute Gasteiger partial charge is 0.371 e. The first-order valence-corrected chi connectivity index (χ1v) is 6.11. The molecule has 0 unspecified atom stereocenters. The second-order valence-electron chi connectivity index (χ2n) is 4.74. The van der Waals surface area contributed by atoms with Crippen LogP contribution in [0.15, 0.2) is 22.7 Å². The second kappa shape index (κ2) is 4.04. The van der Waals surface area contributed by atoms with Crippen LogP contribution in [0.25, 0.3) is 11.0 Å². The molecule has 0 aliphatic carbocycles. The van der Waals surface area contributed by atoms with Crippen molar-refractivity contribution >= 4 is 16.7 Å². The van der Waals surface area contributed by atoms with Crippen molar-refractivity contribution in [1.29, 1.82) is 0 Å². The monoisotopic (exact) mass is 231 g/mol. The molecule has 0 bridgehead atoms. The van der Waals surface area contributed by atoms with Crippen LogP contribution in [-0.2, 0) is 0 Å². The highest BCUT2D eigenvalue weighted by Gasteiger charge is 2.19. The minimum absolute atomic E-state index is 0.356. The Balaban J connectivity index is 2.02. The van der Waals surface area contributed by atoms with Gasteiger partial charge in [0.25, 0.3) is 0 Å². The van der Waals surface area contributed by atoms with E-state index in [1.54, 1.807) is 0 Å². The SMILES string of the molecule is Cc1noc2cccc(N3CCC(N)CC3)c12. The number of hydrogen-bond donors (Lipinski definition) is 1. The second-order valence-corrected chi connectivity index (χ2v) is 4.74. The highest BCUT2D eigenvalue weighted by atomic mass is 16.5. The summed E-state index contributed by atoms with van der Waals surface area (Å²) in [5, 5.41) is 5.18. The summed E-state index contributed by atoms with van der Waals surface area (Å²) < 4.78 is 5.30. The molecule has 3 rings (SSSR count). The molecule has 0 saturated carbocycles. The van der Waals surface area contributed by atoms with Crippen LogP contribution >= 0.6 is 0 Å². The van der Waals surface area contributed by atoms with Crippen molar-refractivity contribution in [2.24, 2.45) is 5.73 Å². The smallest absolute Gasteiger partial charge is 0.169 e. The van der Waals surface area contributed by atoms with E-state index in [0.29, 0.717) is 6.04 Å². The van der Waals surface area contributed by atoms with Crippen molar-refractivity contribution in [2.45, 2.75) is 25.8 Å². The van der Waals surface area contributed by atoms with Crippen LogP contribution in [0.5, 0.6) is 0 Å². The van der Waals surface area contributed by atoms with E-state index in [-0.39, 0.29) is 0 Å². The minimum Gasteiger partial charge on any atom is -0.371 e. The van der Waals surface area contributed by atoms with Crippen LogP contribution in [0.2, 0.25) is 0 Å². The molecule has 1 aromatic carbocycles. The summed E-state index contributed by atoms with van der Waals surface area (Å²) in [5.74, 6) is 0. The maximum atomic E-state index is 5.94. The van der Waals surface area contributed by atoms with Gasteiger partial charge in [-0.15, -0.1) is 0 Å². The van der Waals surface area contributed by atoms with E-state index >= 15 is 0 Å². The molecule has 0 spiro atoms. The number of hydrogen-bond acceptors (Lipinski definition) is 4. The fourth-order valence-corrected chi connectivity index (χ4v) is 2.53. The number of piperidine rings is 1. The van der Waals surface area contributed by atoms with Gasteiger partial charge in [-0.05, 0) is 31.9 Å². The molecule has 1 saturated heterocycles. The van der Waals surface area contributed by atoms with Gasteiger partial charge in [-0.25, -0.2) is 0 Å². The van der Waals surface area contributed by atoms with E-state index in [2.05, 4.69) is 16.1 Å². The zero-order chi connectivity index (χ0) is 11.8. The minimum atomic E-state index is 0.356. The van der Waals surface area contributed by atoms with Gasteiger partial charge in [-0.2, -0.15) is 0 Å². The maximum absolute atomic E-state index is 5.94. The van der Waals surface area contributed by atoms with Crippen LogP contribution in [0.3, 0.4) is 0 Å². The number of nitrogens with two attached hydrogens (primary N) is 1. The normalized spacial score (nSPS) is 17.9. The van der Waals surface area contributed by atoms with Gasteiger partial charge in [-0.3, -0.25) is 0 Å². The molecular weight excluding hydrogens is 214 g/mol. The number of anilines is 1. The highest BCUT2D eigenvalue weighted by Crippen LogP contribution is 2.30. The van der Waals surface area contributed by atoms with Crippen molar-refractivity contribution in [3.8, 4) is 0 Å². The van der Waals surface area contributed by atoms with E-state index < -0.39 is 0 Å². The molecule has 2 heterocycles. The Morgan fingerprint density at radius 3 is 2.88 bits per heavy atom. The van der Waals surface area contributed by atoms with Gasteiger partial charge in [0, 0.05) is 24.8 Å². The van der Waals surface area contributed by atoms with E-state index in [1.165, 1.54) is 5.69 Å². The zero-order valence-electron chi connectivity index (χ0n) is 10.0. The maximum Gasteiger partial charge on any atom is 0.169 e. The fourth-order valence-electron chi connectivity index (χ4n) is 2.53. The van der Waals surface area contributed by atoms with Crippen LogP contribution in [0, 0.1) is 6.92 Å². The van der Waals surface area contributed by atoms with Crippen molar-refractivity contribution in [3.63, 3.8) is 0 Å². The van der Waals surface area contributed by atoms with Gasteiger partial charge in [0.2, 0.25) is 0 Å². The van der Waals surface area contributed by atoms with Crippen molar-refractivity contribution in [2.75, 3.05) is 18.0 Å². The Bertz CT molecular complexity index is 526. The van der Waals surface area contributed by atoms with Gasteiger partial charge in [0.05, 0.1) is 11.1 Å². The lowest BCUT2D eigenvalue weighted by molar-refractivity contribution is 0.450. The Labute approximate surface area is 100 Å². The average Bonchev–Trinajstić information content (AvgIpc) is 2.73. The zero-order valence-corrected chi connectivity index (χ0v) is 10.0. The number of fused-ring (bicyclic) bond motifs is 1. The van der Waals surface area contributed by atoms with Crippen molar-refractivity contribution in [1.82, 2.24) is 5.16 Å². The predicted octanol–water partition coefficient (Wildman–Crippen LogP) is 2.06. The van der Waals surface area contributed by atoms with E-state index in [0.717, 1.165) is 42.6 Å². The summed E-state index contributed by atoms with van der Waals surface area (Å²) >= 11 is 0. The van der Waals surface area contributed by atoms with Crippen LogP contribution in [0.4, 0.5) is 5.69 Å². The topological polar surface area (TPSA) is 55.3 Å². The molecule has 2 aromatic rings. The summed E-state index contributed by atoms with van der Waals surface area (Å²) in [7, 11) is 0. The molecular formula is C13H17N3O. The number of aryl methyl sites for hydroxylation is 1. The number of benzene rings is 1. The predicted molar refractivity (Wildman–Crippen MR) is 68.2 cm³/mol. The van der Waals surface area contributed by atoms with Gasteiger partial charge < -0.3 is 15.2 Å². The third-order valence-electron chi connectivity index (χ3n) is 3.53. The summed E-state index contributed by atoms with van der Waals surface area (Å²) in [4.78, 5) is 2.38. The van der Waals surface area contributed by atoms with E-state index in [1.807, 2.05) is 19.1 Å². The Morgan fingerprint density at radius 1 is 1.35 bits per heavy atom. The molecule has 4 nitrogen and oxygen atoms in total. The molecule has 0 radical (unpaired) electrons. The molecule has 0 atom stereocenters. The molecule has 1 aliphatic rings. The molecule has 1 aromatic heterocycles. The van der Waals surface area contributed by atoms with Crippen LogP contribution in [-0.4, -0.2) is 24.3 Å². The molecule has 17 heavy (non-hydrogen) atoms. The first-order chi connectivity index (χ1) is 8.25. The lowest BCUT2D eigenvalue weighted by Crippen LogP contribution is -2.39. The van der Waals surface area contributed by atoms with Crippen molar-refractivity contribution < 1.29 is 4.52 Å². The first kappa shape index (κ1) is 10.6. The summed E-state index contributed by atoms with van der Waals surface area (Å²) in [5.41, 5.74) is 9.00. The Kier molecular flexibility index (Phi) is 2.52. The third-order valence-corrected chi connectivity index (χ3v) is 3.53. The standard InChI is InChI=1S/C13H17N3O/c1-9-13-11(3-2-4-12(13)17-15-9)16-7-5-10(14)6-8-16/h2-4,10H,5-8,14H2,1H3. The third kappa shape index (κ3) is 1.78. The molecule has 90 valence electrons. The van der Waals surface area contributed by atoms with Crippen LogP contribution in [0.1, 0.15) is 18.5 Å². The number of aromatic nitrogens is 1. The molecule has 1 aliphatic heterocycles. The average molecular weight is 231 g/mol. The van der Waals surface area contributed by atoms with Gasteiger partial charge in [0.15, 0.2) is 5.58 Å². The molecule has 2 N–H and O–H groups in total. The summed E-state index contributed by atoms with van der Waals surface area (Å²) in [6.07, 6.45) is 2.11. The number of nitrogens with zero attached hydrogens (tertiary/aromatic N) is 2. The van der Waals surface area contributed by atoms with E-state index in [9.17, 15) is 0 Å². The summed E-state index contributed by atoms with van der Waals surface area (Å²) in [6.45, 7) is 4.03. The molecule has 0 amide bonds. The lowest BCUT2D eigenvalue weighted by Gasteiger charge is -2.32. The quantitative estimate of drug-likeness (QED) is 0.816. The van der Waals surface area contributed by atoms with Crippen molar-refractivity contribution in [3.05, 3.63) is 23.9 Å². The molecule has 4 heteroatoms. The summed E-state index contributed by atoms with van der Waals surface area (Å²) in [6, 6.07) is 6.49. The van der Waals surface area contributed by atoms with Gasteiger partial charge in [-0.1, -0.05) is 11.2 Å². The molecule has 1 fully saturated rings. The fraction of sp³-hybridized carbons (Fsp3) is 0.462. The van der Waals surface area contributed by atoms with E-state index in [4.69, 9.17) is 10.3 Å². The first-order valence-electron chi connectivity index (χ1n) is 6.11.